The SMILES string of the molecule is CC(N)COCC(C)N.CC(O)CO. The molecule has 14 heavy (non-hydrogen) atoms. The van der Waals surface area contributed by atoms with Crippen molar-refractivity contribution in [1.29, 1.82) is 0 Å². The van der Waals surface area contributed by atoms with Crippen LogP contribution in [0.2, 0.25) is 0 Å². The fraction of sp³-hybridized carbons (Fsp3) is 1.00. The van der Waals surface area contributed by atoms with E-state index >= 15 is 0 Å². The van der Waals surface area contributed by atoms with E-state index in [2.05, 4.69) is 0 Å². The zero-order chi connectivity index (χ0) is 11.6. The first kappa shape index (κ1) is 16.2. The molecule has 6 N–H and O–H groups in total. The summed E-state index contributed by atoms with van der Waals surface area (Å²) >= 11 is 0. The third kappa shape index (κ3) is 22.6. The lowest BCUT2D eigenvalue weighted by atomic mass is 10.4. The van der Waals surface area contributed by atoms with Gasteiger partial charge in [-0.3, -0.25) is 0 Å². The van der Waals surface area contributed by atoms with Crippen molar-refractivity contribution in [2.45, 2.75) is 39.0 Å². The Balaban J connectivity index is 0. The second-order valence-corrected chi connectivity index (χ2v) is 3.52. The second kappa shape index (κ2) is 10.9. The van der Waals surface area contributed by atoms with Gasteiger partial charge >= 0.3 is 0 Å². The molecule has 5 heteroatoms. The van der Waals surface area contributed by atoms with Crippen LogP contribution in [0.15, 0.2) is 0 Å². The standard InChI is InChI=1S/C6H16N2O.C3H8O2/c1-5(7)3-9-4-6(2)8;1-3(5)2-4/h5-6H,3-4,7-8H2,1-2H3;3-5H,2H2,1H3. The molecule has 0 aromatic rings. The molecule has 0 amide bonds. The zero-order valence-electron chi connectivity index (χ0n) is 9.31. The topological polar surface area (TPSA) is 102 Å². The molecule has 0 spiro atoms. The van der Waals surface area contributed by atoms with Gasteiger partial charge in [-0.15, -0.1) is 0 Å². The van der Waals surface area contributed by atoms with E-state index in [1.165, 1.54) is 6.92 Å². The Kier molecular flexibility index (Phi) is 12.6. The predicted octanol–water partition coefficient (Wildman–Crippen LogP) is -0.943. The average Bonchev–Trinajstić information content (AvgIpc) is 2.04. The predicted molar refractivity (Wildman–Crippen MR) is 56.9 cm³/mol. The summed E-state index contributed by atoms with van der Waals surface area (Å²) in [5, 5.41) is 16.0. The van der Waals surface area contributed by atoms with Crippen LogP contribution in [0.1, 0.15) is 20.8 Å². The lowest BCUT2D eigenvalue weighted by Gasteiger charge is -2.08. The van der Waals surface area contributed by atoms with Gasteiger partial charge in [0.05, 0.1) is 25.9 Å². The Bertz CT molecular complexity index is 100. The van der Waals surface area contributed by atoms with Crippen LogP contribution in [-0.4, -0.2) is 48.2 Å². The maximum Gasteiger partial charge on any atom is 0.0742 e. The summed E-state index contributed by atoms with van der Waals surface area (Å²) in [6, 6.07) is 0.229. The number of aliphatic hydroxyl groups is 2. The molecular formula is C9H24N2O3. The van der Waals surface area contributed by atoms with Crippen molar-refractivity contribution in [2.75, 3.05) is 19.8 Å². The normalized spacial score (nSPS) is 16.5. The van der Waals surface area contributed by atoms with Crippen molar-refractivity contribution in [2.24, 2.45) is 11.5 Å². The molecule has 0 radical (unpaired) electrons. The fourth-order valence-electron chi connectivity index (χ4n) is 0.440. The largest absolute Gasteiger partial charge is 0.394 e. The summed E-state index contributed by atoms with van der Waals surface area (Å²) in [4.78, 5) is 0. The van der Waals surface area contributed by atoms with Crippen molar-refractivity contribution in [3.8, 4) is 0 Å². The maximum atomic E-state index is 8.11. The van der Waals surface area contributed by atoms with Gasteiger partial charge in [-0.2, -0.15) is 0 Å². The minimum absolute atomic E-state index is 0.115. The number of ether oxygens (including phenoxy) is 1. The Morgan fingerprint density at radius 2 is 1.36 bits per heavy atom. The van der Waals surface area contributed by atoms with E-state index in [-0.39, 0.29) is 18.7 Å². The maximum absolute atomic E-state index is 8.11. The summed E-state index contributed by atoms with van der Waals surface area (Å²) < 4.78 is 5.11. The van der Waals surface area contributed by atoms with Crippen LogP contribution in [0.5, 0.6) is 0 Å². The summed E-state index contributed by atoms with van der Waals surface area (Å²) in [6.45, 7) is 6.39. The monoisotopic (exact) mass is 208 g/mol. The molecule has 0 aliphatic rings. The molecule has 0 aliphatic heterocycles. The zero-order valence-corrected chi connectivity index (χ0v) is 9.31. The third-order valence-corrected chi connectivity index (χ3v) is 1.03. The number of nitrogens with two attached hydrogens (primary N) is 2. The fourth-order valence-corrected chi connectivity index (χ4v) is 0.440. The molecule has 88 valence electrons. The van der Waals surface area contributed by atoms with Crippen LogP contribution in [-0.2, 0) is 4.74 Å². The Hall–Kier alpha value is -0.200. The van der Waals surface area contributed by atoms with Gasteiger partial charge in [0.2, 0.25) is 0 Å². The van der Waals surface area contributed by atoms with Crippen molar-refractivity contribution in [3.63, 3.8) is 0 Å². The van der Waals surface area contributed by atoms with Crippen LogP contribution in [0.3, 0.4) is 0 Å². The Morgan fingerprint density at radius 1 is 1.07 bits per heavy atom. The number of hydrogen-bond acceptors (Lipinski definition) is 5. The highest BCUT2D eigenvalue weighted by molar-refractivity contribution is 4.52. The molecule has 0 rings (SSSR count). The van der Waals surface area contributed by atoms with Gasteiger partial charge in [0, 0.05) is 12.1 Å². The van der Waals surface area contributed by atoms with Crippen LogP contribution < -0.4 is 11.5 Å². The van der Waals surface area contributed by atoms with Gasteiger partial charge in [0.1, 0.15) is 0 Å². The van der Waals surface area contributed by atoms with Crippen molar-refractivity contribution >= 4 is 0 Å². The van der Waals surface area contributed by atoms with E-state index in [1.54, 1.807) is 0 Å². The van der Waals surface area contributed by atoms with E-state index in [1.807, 2.05) is 13.8 Å². The first-order chi connectivity index (χ1) is 6.40. The molecule has 3 atom stereocenters. The molecule has 0 aromatic carbocycles. The number of hydrogen-bond donors (Lipinski definition) is 4. The van der Waals surface area contributed by atoms with E-state index in [0.717, 1.165) is 0 Å². The summed E-state index contributed by atoms with van der Waals surface area (Å²) in [5.41, 5.74) is 10.8. The van der Waals surface area contributed by atoms with Gasteiger partial charge in [-0.1, -0.05) is 0 Å². The van der Waals surface area contributed by atoms with E-state index in [9.17, 15) is 0 Å². The lowest BCUT2D eigenvalue weighted by Crippen LogP contribution is -2.27. The highest BCUT2D eigenvalue weighted by Gasteiger charge is 1.95. The van der Waals surface area contributed by atoms with E-state index in [4.69, 9.17) is 26.4 Å². The summed E-state index contributed by atoms with van der Waals surface area (Å²) in [7, 11) is 0. The summed E-state index contributed by atoms with van der Waals surface area (Å²) in [6.07, 6.45) is -0.560. The number of aliphatic hydroxyl groups excluding tert-OH is 2. The third-order valence-electron chi connectivity index (χ3n) is 1.03. The molecular weight excluding hydrogens is 184 g/mol. The molecule has 0 bridgehead atoms. The van der Waals surface area contributed by atoms with Crippen molar-refractivity contribution < 1.29 is 14.9 Å². The molecule has 3 unspecified atom stereocenters. The smallest absolute Gasteiger partial charge is 0.0742 e. The van der Waals surface area contributed by atoms with Crippen LogP contribution >= 0.6 is 0 Å². The highest BCUT2D eigenvalue weighted by atomic mass is 16.5. The van der Waals surface area contributed by atoms with Gasteiger partial charge < -0.3 is 26.4 Å². The second-order valence-electron chi connectivity index (χ2n) is 3.52. The summed E-state index contributed by atoms with van der Waals surface area (Å²) in [5.74, 6) is 0. The quantitative estimate of drug-likeness (QED) is 0.467. The Morgan fingerprint density at radius 3 is 1.50 bits per heavy atom. The van der Waals surface area contributed by atoms with E-state index in [0.29, 0.717) is 13.2 Å². The minimum atomic E-state index is -0.560. The van der Waals surface area contributed by atoms with Crippen LogP contribution in [0.25, 0.3) is 0 Å². The van der Waals surface area contributed by atoms with Crippen molar-refractivity contribution in [1.82, 2.24) is 0 Å². The van der Waals surface area contributed by atoms with Gasteiger partial charge in [-0.25, -0.2) is 0 Å². The molecule has 0 fully saturated rings. The molecule has 0 saturated heterocycles. The number of rotatable bonds is 5. The Labute approximate surface area is 86.0 Å². The molecule has 0 saturated carbocycles. The molecule has 5 nitrogen and oxygen atoms in total. The van der Waals surface area contributed by atoms with E-state index < -0.39 is 6.10 Å². The van der Waals surface area contributed by atoms with Crippen LogP contribution in [0, 0.1) is 0 Å². The molecule has 0 aliphatic carbocycles. The van der Waals surface area contributed by atoms with Gasteiger partial charge in [0.25, 0.3) is 0 Å². The van der Waals surface area contributed by atoms with Crippen LogP contribution in [0.4, 0.5) is 0 Å². The van der Waals surface area contributed by atoms with Gasteiger partial charge in [0.15, 0.2) is 0 Å². The highest BCUT2D eigenvalue weighted by Crippen LogP contribution is 1.81. The first-order valence-corrected chi connectivity index (χ1v) is 4.78. The molecule has 0 aromatic heterocycles. The van der Waals surface area contributed by atoms with Gasteiger partial charge in [-0.05, 0) is 20.8 Å². The minimum Gasteiger partial charge on any atom is -0.394 e. The van der Waals surface area contributed by atoms with Crippen molar-refractivity contribution in [3.05, 3.63) is 0 Å². The lowest BCUT2D eigenvalue weighted by molar-refractivity contribution is 0.110. The average molecular weight is 208 g/mol. The first-order valence-electron chi connectivity index (χ1n) is 4.78. The molecule has 0 heterocycles.